The van der Waals surface area contributed by atoms with Gasteiger partial charge in [0.2, 0.25) is 0 Å². The quantitative estimate of drug-likeness (QED) is 0.535. The molecule has 0 spiro atoms. The third-order valence-electron chi connectivity index (χ3n) is 1.77. The number of hydrogen-bond donors (Lipinski definition) is 3. The number of sulfonamides is 1. The van der Waals surface area contributed by atoms with Crippen LogP contribution in [0.3, 0.4) is 0 Å². The van der Waals surface area contributed by atoms with E-state index in [4.69, 9.17) is 10.5 Å². The van der Waals surface area contributed by atoms with Crippen molar-refractivity contribution < 1.29 is 13.2 Å². The van der Waals surface area contributed by atoms with Crippen LogP contribution in [0.5, 0.6) is 0 Å². The van der Waals surface area contributed by atoms with E-state index in [2.05, 4.69) is 14.9 Å². The lowest BCUT2D eigenvalue weighted by Crippen LogP contribution is -2.28. The molecule has 7 nitrogen and oxygen atoms in total. The van der Waals surface area contributed by atoms with Crippen LogP contribution in [0.2, 0.25) is 0 Å². The number of nitrogens with one attached hydrogen (secondary N) is 2. The largest absolute Gasteiger partial charge is 0.383 e. The summed E-state index contributed by atoms with van der Waals surface area (Å²) in [7, 11) is -2.06. The molecule has 0 aliphatic heterocycles. The number of H-pyrrole nitrogens is 1. The lowest BCUT2D eigenvalue weighted by Gasteiger charge is -2.05. The number of aromatic nitrogens is 2. The summed E-state index contributed by atoms with van der Waals surface area (Å²) in [6, 6.07) is 0. The second kappa shape index (κ2) is 5.21. The third kappa shape index (κ3) is 2.99. The monoisotopic (exact) mass is 234 g/mol. The van der Waals surface area contributed by atoms with Crippen molar-refractivity contribution in [3.63, 3.8) is 0 Å². The van der Waals surface area contributed by atoms with Crippen LogP contribution in [-0.4, -0.2) is 38.9 Å². The van der Waals surface area contributed by atoms with Gasteiger partial charge in [0.15, 0.2) is 5.03 Å². The topological polar surface area (TPSA) is 110 Å². The summed E-state index contributed by atoms with van der Waals surface area (Å²) in [5.41, 5.74) is 5.83. The highest BCUT2D eigenvalue weighted by Crippen LogP contribution is 2.09. The Morgan fingerprint density at radius 1 is 1.67 bits per heavy atom. The molecule has 1 rings (SSSR count). The van der Waals surface area contributed by atoms with Crippen molar-refractivity contribution in [2.24, 2.45) is 5.73 Å². The van der Waals surface area contributed by atoms with E-state index in [1.165, 1.54) is 13.3 Å². The standard InChI is InChI=1S/C7H14N4O3S/c1-14-3-2-10-15(12,13)7-6(4-8)5-9-11-7/h5,10H,2-4,8H2,1H3,(H,9,11). The van der Waals surface area contributed by atoms with Gasteiger partial charge in [-0.3, -0.25) is 5.10 Å². The zero-order chi connectivity index (χ0) is 11.3. The summed E-state index contributed by atoms with van der Waals surface area (Å²) in [6.07, 6.45) is 1.39. The van der Waals surface area contributed by atoms with Gasteiger partial charge in [0.1, 0.15) is 0 Å². The van der Waals surface area contributed by atoms with Gasteiger partial charge < -0.3 is 10.5 Å². The Bertz CT molecular complexity index is 400. The first-order valence-corrected chi connectivity index (χ1v) is 5.81. The number of nitrogens with zero attached hydrogens (tertiary/aromatic N) is 1. The molecule has 0 saturated carbocycles. The predicted molar refractivity (Wildman–Crippen MR) is 53.5 cm³/mol. The van der Waals surface area contributed by atoms with Gasteiger partial charge >= 0.3 is 0 Å². The predicted octanol–water partition coefficient (Wildman–Crippen LogP) is -1.21. The molecule has 0 amide bonds. The first-order valence-electron chi connectivity index (χ1n) is 4.32. The molecule has 0 bridgehead atoms. The highest BCUT2D eigenvalue weighted by atomic mass is 32.2. The molecule has 0 fully saturated rings. The Balaban J connectivity index is 2.77. The smallest absolute Gasteiger partial charge is 0.257 e. The Labute approximate surface area is 88.1 Å². The normalized spacial score (nSPS) is 11.9. The lowest BCUT2D eigenvalue weighted by atomic mass is 10.4. The van der Waals surface area contributed by atoms with Crippen molar-refractivity contribution in [2.75, 3.05) is 20.3 Å². The molecule has 1 aromatic heterocycles. The average Bonchev–Trinajstić information content (AvgIpc) is 2.66. The summed E-state index contributed by atoms with van der Waals surface area (Å²) in [5, 5.41) is 6.05. The van der Waals surface area contributed by atoms with Crippen molar-refractivity contribution in [1.82, 2.24) is 14.9 Å². The van der Waals surface area contributed by atoms with Crippen LogP contribution < -0.4 is 10.5 Å². The summed E-state index contributed by atoms with van der Waals surface area (Å²) in [5.74, 6) is 0. The van der Waals surface area contributed by atoms with Gasteiger partial charge in [0.05, 0.1) is 12.8 Å². The van der Waals surface area contributed by atoms with Gasteiger partial charge in [-0.1, -0.05) is 0 Å². The van der Waals surface area contributed by atoms with Crippen LogP contribution in [-0.2, 0) is 21.3 Å². The minimum atomic E-state index is -3.56. The highest BCUT2D eigenvalue weighted by Gasteiger charge is 2.19. The van der Waals surface area contributed by atoms with E-state index in [-0.39, 0.29) is 18.1 Å². The maximum Gasteiger partial charge on any atom is 0.257 e. The zero-order valence-electron chi connectivity index (χ0n) is 8.36. The maximum absolute atomic E-state index is 11.7. The minimum Gasteiger partial charge on any atom is -0.383 e. The summed E-state index contributed by atoms with van der Waals surface area (Å²) in [6.45, 7) is 0.643. The summed E-state index contributed by atoms with van der Waals surface area (Å²) in [4.78, 5) is 0. The third-order valence-corrected chi connectivity index (χ3v) is 3.24. The number of methoxy groups -OCH3 is 1. The van der Waals surface area contributed by atoms with Gasteiger partial charge in [-0.2, -0.15) is 5.10 Å². The van der Waals surface area contributed by atoms with Crippen molar-refractivity contribution >= 4 is 10.0 Å². The molecule has 1 heterocycles. The molecule has 15 heavy (non-hydrogen) atoms. The number of nitrogens with two attached hydrogens (primary N) is 1. The first kappa shape index (κ1) is 12.1. The molecule has 0 saturated heterocycles. The van der Waals surface area contributed by atoms with E-state index in [0.29, 0.717) is 12.2 Å². The molecule has 0 aromatic carbocycles. The van der Waals surface area contributed by atoms with Gasteiger partial charge in [0.25, 0.3) is 10.0 Å². The average molecular weight is 234 g/mol. The molecule has 8 heteroatoms. The zero-order valence-corrected chi connectivity index (χ0v) is 9.17. The van der Waals surface area contributed by atoms with Crippen molar-refractivity contribution in [1.29, 1.82) is 0 Å². The van der Waals surface area contributed by atoms with E-state index in [0.717, 1.165) is 0 Å². The van der Waals surface area contributed by atoms with Crippen LogP contribution in [0.1, 0.15) is 5.56 Å². The van der Waals surface area contributed by atoms with Crippen molar-refractivity contribution in [2.45, 2.75) is 11.6 Å². The molecular formula is C7H14N4O3S. The molecule has 1 aromatic rings. The summed E-state index contributed by atoms with van der Waals surface area (Å²) >= 11 is 0. The SMILES string of the molecule is COCCNS(=O)(=O)c1[nH]ncc1CN. The maximum atomic E-state index is 11.7. The fourth-order valence-corrected chi connectivity index (χ4v) is 2.18. The van der Waals surface area contributed by atoms with Gasteiger partial charge in [-0.05, 0) is 0 Å². The Hall–Kier alpha value is -0.960. The molecule has 86 valence electrons. The van der Waals surface area contributed by atoms with Crippen LogP contribution in [0.4, 0.5) is 0 Å². The minimum absolute atomic E-state index is 0.0149. The molecule has 4 N–H and O–H groups in total. The summed E-state index contributed by atoms with van der Waals surface area (Å²) < 4.78 is 30.4. The molecule has 0 aliphatic rings. The van der Waals surface area contributed by atoms with E-state index >= 15 is 0 Å². The van der Waals surface area contributed by atoms with Crippen molar-refractivity contribution in [3.05, 3.63) is 11.8 Å². The molecule has 0 atom stereocenters. The highest BCUT2D eigenvalue weighted by molar-refractivity contribution is 7.89. The van der Waals surface area contributed by atoms with E-state index in [9.17, 15) is 8.42 Å². The van der Waals surface area contributed by atoms with Crippen LogP contribution in [0, 0.1) is 0 Å². The molecular weight excluding hydrogens is 220 g/mol. The van der Waals surface area contributed by atoms with Crippen LogP contribution in [0.15, 0.2) is 11.2 Å². The number of ether oxygens (including phenoxy) is 1. The second-order valence-electron chi connectivity index (χ2n) is 2.82. The number of hydrogen-bond acceptors (Lipinski definition) is 5. The molecule has 0 aliphatic carbocycles. The molecule has 0 radical (unpaired) electrons. The molecule has 0 unspecified atom stereocenters. The Morgan fingerprint density at radius 2 is 2.40 bits per heavy atom. The first-order chi connectivity index (χ1) is 7.11. The van der Waals surface area contributed by atoms with Gasteiger partial charge in [0, 0.05) is 25.8 Å². The van der Waals surface area contributed by atoms with Gasteiger partial charge in [-0.15, -0.1) is 0 Å². The lowest BCUT2D eigenvalue weighted by molar-refractivity contribution is 0.204. The second-order valence-corrected chi connectivity index (χ2v) is 4.52. The van der Waals surface area contributed by atoms with E-state index in [1.807, 2.05) is 0 Å². The van der Waals surface area contributed by atoms with Gasteiger partial charge in [-0.25, -0.2) is 13.1 Å². The Kier molecular flexibility index (Phi) is 4.21. The van der Waals surface area contributed by atoms with Crippen molar-refractivity contribution in [3.8, 4) is 0 Å². The number of rotatable bonds is 6. The fraction of sp³-hybridized carbons (Fsp3) is 0.571. The van der Waals surface area contributed by atoms with Crippen LogP contribution >= 0.6 is 0 Å². The van der Waals surface area contributed by atoms with E-state index in [1.54, 1.807) is 0 Å². The van der Waals surface area contributed by atoms with Crippen LogP contribution in [0.25, 0.3) is 0 Å². The number of aromatic amines is 1. The Morgan fingerprint density at radius 3 is 3.00 bits per heavy atom. The van der Waals surface area contributed by atoms with E-state index < -0.39 is 10.0 Å². The fourth-order valence-electron chi connectivity index (χ4n) is 1.03.